The van der Waals surface area contributed by atoms with E-state index in [-0.39, 0.29) is 6.54 Å². The summed E-state index contributed by atoms with van der Waals surface area (Å²) in [4.78, 5) is 11.8. The van der Waals surface area contributed by atoms with Crippen molar-refractivity contribution in [2.75, 3.05) is 13.7 Å². The molecule has 0 aliphatic heterocycles. The number of nitrogens with one attached hydrogen (secondary N) is 1. The van der Waals surface area contributed by atoms with Crippen LogP contribution in [-0.4, -0.2) is 35.4 Å². The van der Waals surface area contributed by atoms with E-state index in [1.54, 1.807) is 25.3 Å². The van der Waals surface area contributed by atoms with Gasteiger partial charge < -0.3 is 25.0 Å². The molecule has 3 N–H and O–H groups in total. The zero-order valence-corrected chi connectivity index (χ0v) is 14.4. The van der Waals surface area contributed by atoms with E-state index < -0.39 is 18.1 Å². The van der Waals surface area contributed by atoms with Crippen molar-refractivity contribution in [1.29, 1.82) is 0 Å². The summed E-state index contributed by atoms with van der Waals surface area (Å²) in [5.41, 5.74) is 0.0288. The lowest BCUT2D eigenvalue weighted by atomic mass is 10.1. The molecule has 1 atom stereocenters. The molecule has 0 bridgehead atoms. The van der Waals surface area contributed by atoms with Crippen molar-refractivity contribution < 1.29 is 24.5 Å². The molecular weight excluding hydrogens is 322 g/mol. The average molecular weight is 345 g/mol. The van der Waals surface area contributed by atoms with Gasteiger partial charge in [-0.2, -0.15) is 0 Å². The first-order valence-corrected chi connectivity index (χ1v) is 7.91. The van der Waals surface area contributed by atoms with Gasteiger partial charge in [0.2, 0.25) is 0 Å². The first-order chi connectivity index (χ1) is 12.0. The molecular formula is C19H23NO5. The summed E-state index contributed by atoms with van der Waals surface area (Å²) in [5, 5.41) is 21.2. The van der Waals surface area contributed by atoms with Crippen molar-refractivity contribution in [3.8, 4) is 11.5 Å². The van der Waals surface area contributed by atoms with Gasteiger partial charge in [0.15, 0.2) is 17.1 Å². The molecule has 0 saturated heterocycles. The Morgan fingerprint density at radius 1 is 1.12 bits per heavy atom. The molecule has 6 heteroatoms. The van der Waals surface area contributed by atoms with E-state index in [9.17, 15) is 9.90 Å². The molecule has 0 spiro atoms. The molecule has 0 saturated carbocycles. The van der Waals surface area contributed by atoms with Gasteiger partial charge in [0.05, 0.1) is 13.7 Å². The maximum Gasteiger partial charge on any atom is 0.254 e. The molecule has 6 nitrogen and oxygen atoms in total. The molecule has 2 rings (SSSR count). The van der Waals surface area contributed by atoms with Crippen molar-refractivity contribution in [3.05, 3.63) is 59.7 Å². The highest BCUT2D eigenvalue weighted by Gasteiger charge is 2.28. The second kappa shape index (κ2) is 8.50. The summed E-state index contributed by atoms with van der Waals surface area (Å²) in [6, 6.07) is 15.1. The van der Waals surface area contributed by atoms with Crippen LogP contribution < -0.4 is 14.8 Å². The van der Waals surface area contributed by atoms with Gasteiger partial charge in [-0.3, -0.25) is 4.79 Å². The highest BCUT2D eigenvalue weighted by molar-refractivity contribution is 5.84. The van der Waals surface area contributed by atoms with Gasteiger partial charge in [-0.25, -0.2) is 0 Å². The van der Waals surface area contributed by atoms with Crippen LogP contribution in [0.5, 0.6) is 11.5 Å². The fourth-order valence-electron chi connectivity index (χ4n) is 2.12. The van der Waals surface area contributed by atoms with E-state index in [0.29, 0.717) is 18.1 Å². The molecule has 0 unspecified atom stereocenters. The lowest BCUT2D eigenvalue weighted by molar-refractivity contribution is -0.141. The predicted octanol–water partition coefficient (Wildman–Crippen LogP) is 1.63. The Morgan fingerprint density at radius 2 is 1.84 bits per heavy atom. The molecule has 0 aromatic heterocycles. The molecule has 0 fully saturated rings. The molecule has 0 heterocycles. The van der Waals surface area contributed by atoms with E-state index in [2.05, 4.69) is 5.32 Å². The lowest BCUT2D eigenvalue weighted by Gasteiger charge is -2.19. The number of hydrogen-bond donors (Lipinski definition) is 3. The molecule has 1 amide bonds. The maximum atomic E-state index is 11.8. The number of carbonyl (C=O) groups excluding carboxylic acids is 1. The van der Waals surface area contributed by atoms with Gasteiger partial charge >= 0.3 is 0 Å². The fourth-order valence-corrected chi connectivity index (χ4v) is 2.12. The van der Waals surface area contributed by atoms with Gasteiger partial charge in [-0.05, 0) is 30.2 Å². The highest BCUT2D eigenvalue weighted by Crippen LogP contribution is 2.28. The van der Waals surface area contributed by atoms with Crippen LogP contribution in [0.2, 0.25) is 0 Å². The van der Waals surface area contributed by atoms with Crippen molar-refractivity contribution in [3.63, 3.8) is 0 Å². The fraction of sp³-hybridized carbons (Fsp3) is 0.316. The van der Waals surface area contributed by atoms with Crippen LogP contribution in [0.1, 0.15) is 18.1 Å². The van der Waals surface area contributed by atoms with Gasteiger partial charge in [0.25, 0.3) is 5.91 Å². The molecule has 0 aliphatic rings. The first kappa shape index (κ1) is 18.8. The zero-order valence-electron chi connectivity index (χ0n) is 14.4. The monoisotopic (exact) mass is 345 g/mol. The third-order valence-electron chi connectivity index (χ3n) is 3.72. The first-order valence-electron chi connectivity index (χ1n) is 7.91. The van der Waals surface area contributed by atoms with Crippen LogP contribution in [0, 0.1) is 0 Å². The number of hydrogen-bond acceptors (Lipinski definition) is 5. The Morgan fingerprint density at radius 3 is 2.48 bits per heavy atom. The third-order valence-corrected chi connectivity index (χ3v) is 3.72. The summed E-state index contributed by atoms with van der Waals surface area (Å²) in [6.45, 7) is 1.23. The average Bonchev–Trinajstić information content (AvgIpc) is 2.65. The van der Waals surface area contributed by atoms with Gasteiger partial charge in [0, 0.05) is 6.54 Å². The number of amides is 1. The van der Waals surface area contributed by atoms with Gasteiger partial charge in [-0.15, -0.1) is 0 Å². The molecule has 134 valence electrons. The van der Waals surface area contributed by atoms with Crippen molar-refractivity contribution in [2.24, 2.45) is 0 Å². The Bertz CT molecular complexity index is 700. The van der Waals surface area contributed by atoms with Crippen LogP contribution >= 0.6 is 0 Å². The van der Waals surface area contributed by atoms with Crippen LogP contribution in [0.3, 0.4) is 0 Å². The normalized spacial score (nSPS) is 13.0. The maximum absolute atomic E-state index is 11.8. The minimum Gasteiger partial charge on any atom is -0.493 e. The second-order valence-corrected chi connectivity index (χ2v) is 5.87. The number of ether oxygens (including phenoxy) is 2. The predicted molar refractivity (Wildman–Crippen MR) is 93.3 cm³/mol. The number of carbonyl (C=O) groups is 1. The molecule has 25 heavy (non-hydrogen) atoms. The Hall–Kier alpha value is -2.57. The van der Waals surface area contributed by atoms with Crippen molar-refractivity contribution in [1.82, 2.24) is 5.32 Å². The lowest BCUT2D eigenvalue weighted by Crippen LogP contribution is -2.46. The topological polar surface area (TPSA) is 88.0 Å². The van der Waals surface area contributed by atoms with Crippen LogP contribution in [0.15, 0.2) is 48.5 Å². The van der Waals surface area contributed by atoms with Gasteiger partial charge in [-0.1, -0.05) is 36.4 Å². The van der Waals surface area contributed by atoms with E-state index in [1.165, 1.54) is 6.92 Å². The van der Waals surface area contributed by atoms with E-state index >= 15 is 0 Å². The minimum absolute atomic E-state index is 0.199. The van der Waals surface area contributed by atoms with Crippen LogP contribution in [0.25, 0.3) is 0 Å². The quantitative estimate of drug-likeness (QED) is 0.677. The number of aliphatic hydroxyl groups is 2. The summed E-state index contributed by atoms with van der Waals surface area (Å²) in [7, 11) is 1.55. The van der Waals surface area contributed by atoms with Crippen LogP contribution in [0.4, 0.5) is 0 Å². The highest BCUT2D eigenvalue weighted by atomic mass is 16.5. The summed E-state index contributed by atoms with van der Waals surface area (Å²) >= 11 is 0. The number of methoxy groups -OCH3 is 1. The van der Waals surface area contributed by atoms with E-state index in [0.717, 1.165) is 11.1 Å². The van der Waals surface area contributed by atoms with Crippen molar-refractivity contribution >= 4 is 5.91 Å². The van der Waals surface area contributed by atoms with Crippen LogP contribution in [-0.2, 0) is 17.9 Å². The number of aliphatic hydroxyl groups excluding tert-OH is 1. The molecule has 2 aromatic carbocycles. The standard InChI is InChI=1S/C19H23NO5/c1-19(23,13-21)18(22)20-11-15-8-9-16(17(10-15)24-2)25-12-14-6-4-3-5-7-14/h3-10,21,23H,11-13H2,1-2H3,(H,20,22)/t19-/m1/s1. The smallest absolute Gasteiger partial charge is 0.254 e. The minimum atomic E-state index is -1.80. The van der Waals surface area contributed by atoms with Crippen molar-refractivity contribution in [2.45, 2.75) is 25.7 Å². The summed E-state index contributed by atoms with van der Waals surface area (Å²) < 4.78 is 11.1. The SMILES string of the molecule is COc1cc(CNC(=O)[C@](C)(O)CO)ccc1OCc1ccccc1. The van der Waals surface area contributed by atoms with Gasteiger partial charge in [0.1, 0.15) is 6.61 Å². The van der Waals surface area contributed by atoms with E-state index in [4.69, 9.17) is 14.6 Å². The Labute approximate surface area is 147 Å². The third kappa shape index (κ3) is 5.20. The zero-order chi connectivity index (χ0) is 18.3. The second-order valence-electron chi connectivity index (χ2n) is 5.87. The molecule has 0 radical (unpaired) electrons. The number of benzene rings is 2. The largest absolute Gasteiger partial charge is 0.493 e. The molecule has 2 aromatic rings. The molecule has 0 aliphatic carbocycles. The Balaban J connectivity index is 2.00. The summed E-state index contributed by atoms with van der Waals surface area (Å²) in [5.74, 6) is 0.513. The number of rotatable bonds is 8. The summed E-state index contributed by atoms with van der Waals surface area (Å²) in [6.07, 6.45) is 0. The Kier molecular flexibility index (Phi) is 6.38. The van der Waals surface area contributed by atoms with E-state index in [1.807, 2.05) is 30.3 Å².